The fraction of sp³-hybridized carbons (Fsp3) is 0.316. The fourth-order valence-electron chi connectivity index (χ4n) is 2.63. The number of aryl methyl sites for hydroxylation is 1. The number of amides is 1. The molecule has 1 amide bonds. The molecule has 2 rings (SSSR count). The SMILES string of the molecule is CCN(CCNC(=O)c1ccc(S(C)(=O)=O)cc1)c1ccccc1C. The molecule has 0 aromatic heterocycles. The Labute approximate surface area is 149 Å². The highest BCUT2D eigenvalue weighted by atomic mass is 32.2. The molecule has 0 bridgehead atoms. The zero-order valence-corrected chi connectivity index (χ0v) is 15.6. The second-order valence-corrected chi connectivity index (χ2v) is 7.93. The molecule has 0 saturated heterocycles. The number of carbonyl (C=O) groups excluding carboxylic acids is 1. The van der Waals surface area contributed by atoms with Crippen LogP contribution in [-0.2, 0) is 9.84 Å². The van der Waals surface area contributed by atoms with Crippen LogP contribution in [-0.4, -0.2) is 40.2 Å². The molecule has 0 aliphatic carbocycles. The van der Waals surface area contributed by atoms with Gasteiger partial charge < -0.3 is 10.2 Å². The summed E-state index contributed by atoms with van der Waals surface area (Å²) in [4.78, 5) is 14.6. The number of benzene rings is 2. The van der Waals surface area contributed by atoms with E-state index >= 15 is 0 Å². The molecule has 0 spiro atoms. The third-order valence-electron chi connectivity index (χ3n) is 4.05. The molecule has 0 aliphatic heterocycles. The van der Waals surface area contributed by atoms with Gasteiger partial charge in [0.15, 0.2) is 9.84 Å². The third-order valence-corrected chi connectivity index (χ3v) is 5.18. The Morgan fingerprint density at radius 1 is 1.08 bits per heavy atom. The molecule has 134 valence electrons. The second kappa shape index (κ2) is 8.16. The fourth-order valence-corrected chi connectivity index (χ4v) is 3.26. The minimum atomic E-state index is -3.25. The highest BCUT2D eigenvalue weighted by Gasteiger charge is 2.11. The number of nitrogens with one attached hydrogen (secondary N) is 1. The number of hydrogen-bond acceptors (Lipinski definition) is 4. The summed E-state index contributed by atoms with van der Waals surface area (Å²) in [6, 6.07) is 14.1. The van der Waals surface area contributed by atoms with E-state index < -0.39 is 9.84 Å². The lowest BCUT2D eigenvalue weighted by atomic mass is 10.2. The number of para-hydroxylation sites is 1. The minimum Gasteiger partial charge on any atom is -0.370 e. The van der Waals surface area contributed by atoms with Gasteiger partial charge in [-0.2, -0.15) is 0 Å². The van der Waals surface area contributed by atoms with Crippen molar-refractivity contribution in [2.45, 2.75) is 18.7 Å². The maximum absolute atomic E-state index is 12.2. The number of carbonyl (C=O) groups is 1. The van der Waals surface area contributed by atoms with Crippen LogP contribution in [0.2, 0.25) is 0 Å². The average Bonchev–Trinajstić information content (AvgIpc) is 2.59. The Morgan fingerprint density at radius 3 is 2.28 bits per heavy atom. The van der Waals surface area contributed by atoms with E-state index in [-0.39, 0.29) is 10.8 Å². The molecule has 0 atom stereocenters. The number of likely N-dealkylation sites (N-methyl/N-ethyl adjacent to an activating group) is 1. The van der Waals surface area contributed by atoms with E-state index in [9.17, 15) is 13.2 Å². The molecule has 0 saturated carbocycles. The summed E-state index contributed by atoms with van der Waals surface area (Å²) in [5, 5.41) is 2.88. The zero-order valence-electron chi connectivity index (χ0n) is 14.8. The standard InChI is InChI=1S/C19H24N2O3S/c1-4-21(18-8-6-5-7-15(18)2)14-13-20-19(22)16-9-11-17(12-10-16)25(3,23)24/h5-12H,4,13-14H2,1-3H3,(H,20,22). The van der Waals surface area contributed by atoms with E-state index in [1.165, 1.54) is 29.8 Å². The van der Waals surface area contributed by atoms with E-state index in [0.29, 0.717) is 18.7 Å². The van der Waals surface area contributed by atoms with Crippen LogP contribution < -0.4 is 10.2 Å². The van der Waals surface area contributed by atoms with Gasteiger partial charge in [-0.3, -0.25) is 4.79 Å². The van der Waals surface area contributed by atoms with E-state index in [0.717, 1.165) is 18.5 Å². The number of anilines is 1. The quantitative estimate of drug-likeness (QED) is 0.824. The molecule has 1 N–H and O–H groups in total. The number of nitrogens with zero attached hydrogens (tertiary/aromatic N) is 1. The first-order valence-corrected chi connectivity index (χ1v) is 10.1. The van der Waals surface area contributed by atoms with E-state index in [1.807, 2.05) is 12.1 Å². The molecule has 6 heteroatoms. The van der Waals surface area contributed by atoms with Gasteiger partial charge in [-0.15, -0.1) is 0 Å². The van der Waals surface area contributed by atoms with Crippen molar-refractivity contribution in [2.24, 2.45) is 0 Å². The minimum absolute atomic E-state index is 0.208. The van der Waals surface area contributed by atoms with E-state index in [1.54, 1.807) is 0 Å². The molecular formula is C19H24N2O3S. The van der Waals surface area contributed by atoms with E-state index in [2.05, 4.69) is 36.2 Å². The largest absolute Gasteiger partial charge is 0.370 e. The monoisotopic (exact) mass is 360 g/mol. The smallest absolute Gasteiger partial charge is 0.251 e. The van der Waals surface area contributed by atoms with Crippen molar-refractivity contribution in [3.63, 3.8) is 0 Å². The molecule has 0 fully saturated rings. The normalized spacial score (nSPS) is 11.2. The van der Waals surface area contributed by atoms with Crippen LogP contribution in [0.15, 0.2) is 53.4 Å². The number of rotatable bonds is 7. The summed E-state index contributed by atoms with van der Waals surface area (Å²) in [6.07, 6.45) is 1.15. The number of hydrogen-bond donors (Lipinski definition) is 1. The Morgan fingerprint density at radius 2 is 1.72 bits per heavy atom. The summed E-state index contributed by atoms with van der Waals surface area (Å²) in [6.45, 7) is 6.21. The van der Waals surface area contributed by atoms with Crippen molar-refractivity contribution < 1.29 is 13.2 Å². The maximum Gasteiger partial charge on any atom is 0.251 e. The summed E-state index contributed by atoms with van der Waals surface area (Å²) in [5.74, 6) is -0.208. The molecule has 25 heavy (non-hydrogen) atoms. The Hall–Kier alpha value is -2.34. The second-order valence-electron chi connectivity index (χ2n) is 5.92. The lowest BCUT2D eigenvalue weighted by Crippen LogP contribution is -2.35. The van der Waals surface area contributed by atoms with Crippen molar-refractivity contribution in [2.75, 3.05) is 30.8 Å². The van der Waals surface area contributed by atoms with Gasteiger partial charge in [0.2, 0.25) is 0 Å². The van der Waals surface area contributed by atoms with Gasteiger partial charge in [-0.05, 0) is 49.7 Å². The van der Waals surface area contributed by atoms with Gasteiger partial charge in [-0.25, -0.2) is 8.42 Å². The molecular weight excluding hydrogens is 336 g/mol. The molecule has 2 aromatic carbocycles. The van der Waals surface area contributed by atoms with Crippen molar-refractivity contribution in [1.82, 2.24) is 5.32 Å². The van der Waals surface area contributed by atoms with Crippen molar-refractivity contribution in [1.29, 1.82) is 0 Å². The summed E-state index contributed by atoms with van der Waals surface area (Å²) in [5.41, 5.74) is 2.81. The Kier molecular flexibility index (Phi) is 6.20. The van der Waals surface area contributed by atoms with Gasteiger partial charge >= 0.3 is 0 Å². The van der Waals surface area contributed by atoms with Crippen molar-refractivity contribution in [3.05, 3.63) is 59.7 Å². The van der Waals surface area contributed by atoms with Gasteiger partial charge in [0.05, 0.1) is 4.90 Å². The molecule has 0 heterocycles. The lowest BCUT2D eigenvalue weighted by Gasteiger charge is -2.25. The molecule has 0 radical (unpaired) electrons. The average molecular weight is 360 g/mol. The van der Waals surface area contributed by atoms with Crippen LogP contribution in [0.4, 0.5) is 5.69 Å². The third kappa shape index (κ3) is 5.06. The highest BCUT2D eigenvalue weighted by Crippen LogP contribution is 2.18. The topological polar surface area (TPSA) is 66.5 Å². The van der Waals surface area contributed by atoms with Crippen molar-refractivity contribution in [3.8, 4) is 0 Å². The maximum atomic E-state index is 12.2. The van der Waals surface area contributed by atoms with Gasteiger partial charge in [0, 0.05) is 37.1 Å². The van der Waals surface area contributed by atoms with Crippen LogP contribution in [0.5, 0.6) is 0 Å². The predicted octanol–water partition coefficient (Wildman–Crippen LogP) is 2.65. The number of sulfone groups is 1. The Balaban J connectivity index is 1.94. The van der Waals surface area contributed by atoms with Crippen LogP contribution in [0, 0.1) is 6.92 Å². The van der Waals surface area contributed by atoms with Crippen LogP contribution in [0.3, 0.4) is 0 Å². The lowest BCUT2D eigenvalue weighted by molar-refractivity contribution is 0.0954. The summed E-state index contributed by atoms with van der Waals surface area (Å²) < 4.78 is 22.9. The van der Waals surface area contributed by atoms with Crippen molar-refractivity contribution >= 4 is 21.4 Å². The summed E-state index contributed by atoms with van der Waals surface area (Å²) >= 11 is 0. The molecule has 2 aromatic rings. The first-order chi connectivity index (χ1) is 11.8. The van der Waals surface area contributed by atoms with Crippen LogP contribution in [0.1, 0.15) is 22.8 Å². The van der Waals surface area contributed by atoms with Gasteiger partial charge in [-0.1, -0.05) is 18.2 Å². The van der Waals surface area contributed by atoms with Crippen LogP contribution in [0.25, 0.3) is 0 Å². The molecule has 0 unspecified atom stereocenters. The molecule has 0 aliphatic rings. The first-order valence-electron chi connectivity index (χ1n) is 8.22. The van der Waals surface area contributed by atoms with Gasteiger partial charge in [0.25, 0.3) is 5.91 Å². The predicted molar refractivity (Wildman–Crippen MR) is 101 cm³/mol. The highest BCUT2D eigenvalue weighted by molar-refractivity contribution is 7.90. The zero-order chi connectivity index (χ0) is 18.4. The Bertz CT molecular complexity index is 830. The van der Waals surface area contributed by atoms with Crippen LogP contribution >= 0.6 is 0 Å². The van der Waals surface area contributed by atoms with Gasteiger partial charge in [0.1, 0.15) is 0 Å². The first kappa shape index (κ1) is 19.0. The summed E-state index contributed by atoms with van der Waals surface area (Å²) in [7, 11) is -3.25. The van der Waals surface area contributed by atoms with E-state index in [4.69, 9.17) is 0 Å². The molecule has 5 nitrogen and oxygen atoms in total.